The highest BCUT2D eigenvalue weighted by atomic mass is 35.5. The number of nitrogens with one attached hydrogen (secondary N) is 1. The van der Waals surface area contributed by atoms with Crippen molar-refractivity contribution in [2.45, 2.75) is 0 Å². The van der Waals surface area contributed by atoms with Crippen LogP contribution in [-0.2, 0) is 7.05 Å². The van der Waals surface area contributed by atoms with Crippen molar-refractivity contribution in [2.24, 2.45) is 7.05 Å². The van der Waals surface area contributed by atoms with Gasteiger partial charge in [-0.3, -0.25) is 20.2 Å². The minimum absolute atomic E-state index is 0.101. The number of para-hydroxylation sites is 1. The van der Waals surface area contributed by atoms with Gasteiger partial charge in [0.05, 0.1) is 4.92 Å². The summed E-state index contributed by atoms with van der Waals surface area (Å²) in [5, 5.41) is 17.0. The summed E-state index contributed by atoms with van der Waals surface area (Å²) >= 11 is 5.73. The number of carbonyl (C=O) groups is 1. The van der Waals surface area contributed by atoms with E-state index >= 15 is 0 Å². The monoisotopic (exact) mass is 281 g/mol. The van der Waals surface area contributed by atoms with Crippen LogP contribution in [0.25, 0.3) is 0 Å². The normalized spacial score (nSPS) is 10.2. The van der Waals surface area contributed by atoms with E-state index in [0.717, 1.165) is 0 Å². The lowest BCUT2D eigenvalue weighted by atomic mass is 10.1. The fourth-order valence-electron chi connectivity index (χ4n) is 1.46. The Balaban J connectivity index is 2.37. The van der Waals surface area contributed by atoms with E-state index in [0.29, 0.717) is 0 Å². The lowest BCUT2D eigenvalue weighted by Gasteiger charge is -2.05. The molecule has 1 heterocycles. The van der Waals surface area contributed by atoms with Crippen LogP contribution in [-0.4, -0.2) is 25.6 Å². The van der Waals surface area contributed by atoms with Crippen molar-refractivity contribution in [1.82, 2.24) is 14.8 Å². The summed E-state index contributed by atoms with van der Waals surface area (Å²) in [6.07, 6.45) is 1.25. The van der Waals surface area contributed by atoms with Gasteiger partial charge >= 0.3 is 5.69 Å². The molecule has 8 nitrogen and oxygen atoms in total. The van der Waals surface area contributed by atoms with Crippen LogP contribution in [0.3, 0.4) is 0 Å². The van der Waals surface area contributed by atoms with Crippen LogP contribution in [0, 0.1) is 10.1 Å². The number of anilines is 1. The molecule has 0 saturated carbocycles. The minimum Gasteiger partial charge on any atom is -0.290 e. The van der Waals surface area contributed by atoms with Crippen LogP contribution in [0.15, 0.2) is 24.5 Å². The van der Waals surface area contributed by atoms with Crippen molar-refractivity contribution in [3.8, 4) is 0 Å². The average Bonchev–Trinajstić information content (AvgIpc) is 2.74. The number of carbonyl (C=O) groups excluding carboxylic acids is 1. The van der Waals surface area contributed by atoms with Gasteiger partial charge in [-0.05, 0) is 12.1 Å². The molecule has 2 aromatic rings. The number of hydrogen-bond donors (Lipinski definition) is 1. The zero-order chi connectivity index (χ0) is 14.0. The maximum Gasteiger partial charge on any atom is 0.300 e. The average molecular weight is 282 g/mol. The molecule has 0 saturated heterocycles. The van der Waals surface area contributed by atoms with Gasteiger partial charge in [0.15, 0.2) is 0 Å². The van der Waals surface area contributed by atoms with Gasteiger partial charge < -0.3 is 0 Å². The Bertz CT molecular complexity index is 654. The predicted molar refractivity (Wildman–Crippen MR) is 67.1 cm³/mol. The summed E-state index contributed by atoms with van der Waals surface area (Å²) in [6.45, 7) is 0. The Morgan fingerprint density at radius 3 is 2.84 bits per heavy atom. The highest BCUT2D eigenvalue weighted by Gasteiger charge is 2.24. The van der Waals surface area contributed by atoms with Crippen LogP contribution in [0.1, 0.15) is 10.4 Å². The van der Waals surface area contributed by atoms with E-state index in [2.05, 4.69) is 15.4 Å². The molecule has 0 radical (unpaired) electrons. The summed E-state index contributed by atoms with van der Waals surface area (Å²) in [5.74, 6) is -0.496. The number of halogens is 1. The molecule has 0 atom stereocenters. The second-order valence-electron chi connectivity index (χ2n) is 3.55. The summed E-state index contributed by atoms with van der Waals surface area (Å²) in [5.41, 5.74) is -0.579. The van der Waals surface area contributed by atoms with E-state index in [4.69, 9.17) is 11.6 Å². The van der Waals surface area contributed by atoms with E-state index in [1.54, 1.807) is 7.05 Å². The Hall–Kier alpha value is -2.48. The third kappa shape index (κ3) is 2.52. The Morgan fingerprint density at radius 1 is 1.53 bits per heavy atom. The molecule has 0 fully saturated rings. The summed E-state index contributed by atoms with van der Waals surface area (Å²) in [7, 11) is 1.58. The van der Waals surface area contributed by atoms with Gasteiger partial charge in [-0.1, -0.05) is 17.7 Å². The molecule has 0 aliphatic heterocycles. The minimum atomic E-state index is -0.700. The first-order valence-corrected chi connectivity index (χ1v) is 5.46. The van der Waals surface area contributed by atoms with E-state index in [-0.39, 0.29) is 16.5 Å². The fraction of sp³-hybridized carbons (Fsp3) is 0.100. The maximum absolute atomic E-state index is 12.0. The molecule has 2 rings (SSSR count). The van der Waals surface area contributed by atoms with Crippen LogP contribution in [0.5, 0.6) is 0 Å². The van der Waals surface area contributed by atoms with Gasteiger partial charge in [-0.15, -0.1) is 0 Å². The number of aromatic nitrogens is 3. The number of hydrogen-bond acceptors (Lipinski definition) is 5. The quantitative estimate of drug-likeness (QED) is 0.680. The SMILES string of the molecule is Cn1ncnc1NC(=O)c1cccc(Cl)c1[N+](=O)[O-]. The second kappa shape index (κ2) is 5.02. The van der Waals surface area contributed by atoms with Gasteiger partial charge in [0.2, 0.25) is 5.95 Å². The number of amides is 1. The Kier molecular flexibility index (Phi) is 3.43. The molecule has 98 valence electrons. The highest BCUT2D eigenvalue weighted by molar-refractivity contribution is 6.33. The number of benzene rings is 1. The van der Waals surface area contributed by atoms with Gasteiger partial charge in [0.25, 0.3) is 5.91 Å². The van der Waals surface area contributed by atoms with Gasteiger partial charge in [-0.25, -0.2) is 4.68 Å². The predicted octanol–water partition coefficient (Wildman–Crippen LogP) is 1.63. The molecule has 19 heavy (non-hydrogen) atoms. The standard InChI is InChI=1S/C10H8ClN5O3/c1-15-10(12-5-13-15)14-9(17)6-3-2-4-7(11)8(6)16(18)19/h2-5H,1H3,(H,12,13,14,17). The number of nitrogens with zero attached hydrogens (tertiary/aromatic N) is 4. The number of rotatable bonds is 3. The Morgan fingerprint density at radius 2 is 2.26 bits per heavy atom. The van der Waals surface area contributed by atoms with Crippen molar-refractivity contribution in [3.63, 3.8) is 0 Å². The van der Waals surface area contributed by atoms with Crippen molar-refractivity contribution in [2.75, 3.05) is 5.32 Å². The van der Waals surface area contributed by atoms with Gasteiger partial charge in [0.1, 0.15) is 16.9 Å². The summed E-state index contributed by atoms with van der Waals surface area (Å²) in [6, 6.07) is 4.12. The molecule has 0 aliphatic carbocycles. The number of nitro groups is 1. The molecule has 1 N–H and O–H groups in total. The molecule has 0 spiro atoms. The van der Waals surface area contributed by atoms with Crippen LogP contribution >= 0.6 is 11.6 Å². The number of nitro benzene ring substituents is 1. The molecular weight excluding hydrogens is 274 g/mol. The van der Waals surface area contributed by atoms with Crippen molar-refractivity contribution >= 4 is 29.1 Å². The first-order chi connectivity index (χ1) is 9.00. The van der Waals surface area contributed by atoms with Gasteiger partial charge in [-0.2, -0.15) is 10.1 Å². The van der Waals surface area contributed by atoms with Crippen LogP contribution in [0.4, 0.5) is 11.6 Å². The molecule has 1 amide bonds. The first-order valence-electron chi connectivity index (χ1n) is 5.09. The van der Waals surface area contributed by atoms with Crippen molar-refractivity contribution in [1.29, 1.82) is 0 Å². The largest absolute Gasteiger partial charge is 0.300 e. The molecule has 0 bridgehead atoms. The van der Waals surface area contributed by atoms with E-state index < -0.39 is 16.5 Å². The molecule has 9 heteroatoms. The fourth-order valence-corrected chi connectivity index (χ4v) is 1.71. The molecule has 0 aliphatic rings. The smallest absolute Gasteiger partial charge is 0.290 e. The first kappa shape index (κ1) is 13.0. The third-order valence-electron chi connectivity index (χ3n) is 2.35. The van der Waals surface area contributed by atoms with E-state index in [9.17, 15) is 14.9 Å². The summed E-state index contributed by atoms with van der Waals surface area (Å²) < 4.78 is 1.33. The lowest BCUT2D eigenvalue weighted by Crippen LogP contribution is -2.17. The third-order valence-corrected chi connectivity index (χ3v) is 2.66. The van der Waals surface area contributed by atoms with Crippen molar-refractivity contribution < 1.29 is 9.72 Å². The molecular formula is C10H8ClN5O3. The van der Waals surface area contributed by atoms with E-state index in [1.165, 1.54) is 29.2 Å². The molecule has 1 aromatic heterocycles. The zero-order valence-electron chi connectivity index (χ0n) is 9.70. The van der Waals surface area contributed by atoms with Gasteiger partial charge in [0, 0.05) is 7.05 Å². The Labute approximate surface area is 112 Å². The topological polar surface area (TPSA) is 103 Å². The molecule has 0 unspecified atom stereocenters. The van der Waals surface area contributed by atoms with Crippen molar-refractivity contribution in [3.05, 3.63) is 45.2 Å². The van der Waals surface area contributed by atoms with Crippen LogP contribution in [0.2, 0.25) is 5.02 Å². The summed E-state index contributed by atoms with van der Waals surface area (Å²) in [4.78, 5) is 26.0. The maximum atomic E-state index is 12.0. The number of aryl methyl sites for hydroxylation is 1. The molecule has 1 aromatic carbocycles. The highest BCUT2D eigenvalue weighted by Crippen LogP contribution is 2.28. The lowest BCUT2D eigenvalue weighted by molar-refractivity contribution is -0.385. The zero-order valence-corrected chi connectivity index (χ0v) is 10.5. The van der Waals surface area contributed by atoms with E-state index in [1.807, 2.05) is 0 Å². The van der Waals surface area contributed by atoms with Crippen LogP contribution < -0.4 is 5.32 Å². The second-order valence-corrected chi connectivity index (χ2v) is 3.96.